The molecular formula is C10H14ClN3S. The lowest BCUT2D eigenvalue weighted by Gasteiger charge is -2.11. The first-order chi connectivity index (χ1) is 7.08. The van der Waals surface area contributed by atoms with Crippen molar-refractivity contribution in [2.75, 3.05) is 11.9 Å². The van der Waals surface area contributed by atoms with Crippen LogP contribution in [-0.4, -0.2) is 16.6 Å². The maximum atomic E-state index is 5.71. The van der Waals surface area contributed by atoms with E-state index in [1.807, 2.05) is 0 Å². The van der Waals surface area contributed by atoms with Gasteiger partial charge in [-0.1, -0.05) is 25.4 Å². The number of hydrogen-bond donors (Lipinski definition) is 2. The van der Waals surface area contributed by atoms with E-state index >= 15 is 0 Å². The van der Waals surface area contributed by atoms with Crippen molar-refractivity contribution >= 4 is 34.7 Å². The SMILES string of the molecule is CC(C)CNC(=S)Nc1ccc(Cl)cn1. The predicted octanol–water partition coefficient (Wildman–Crippen LogP) is 2.68. The summed E-state index contributed by atoms with van der Waals surface area (Å²) in [4.78, 5) is 4.07. The molecule has 0 radical (unpaired) electrons. The van der Waals surface area contributed by atoms with Gasteiger partial charge >= 0.3 is 0 Å². The van der Waals surface area contributed by atoms with Gasteiger partial charge in [0.1, 0.15) is 5.82 Å². The zero-order chi connectivity index (χ0) is 11.3. The van der Waals surface area contributed by atoms with E-state index in [0.717, 1.165) is 6.54 Å². The predicted molar refractivity (Wildman–Crippen MR) is 68.3 cm³/mol. The van der Waals surface area contributed by atoms with Crippen LogP contribution in [0.3, 0.4) is 0 Å². The summed E-state index contributed by atoms with van der Waals surface area (Å²) in [6.07, 6.45) is 1.58. The molecule has 0 spiro atoms. The Morgan fingerprint density at radius 1 is 1.53 bits per heavy atom. The largest absolute Gasteiger partial charge is 0.362 e. The Kier molecular flexibility index (Phi) is 4.78. The van der Waals surface area contributed by atoms with Crippen LogP contribution in [0.2, 0.25) is 5.02 Å². The van der Waals surface area contributed by atoms with Crippen molar-refractivity contribution in [3.63, 3.8) is 0 Å². The number of pyridine rings is 1. The molecule has 0 aliphatic carbocycles. The van der Waals surface area contributed by atoms with Crippen molar-refractivity contribution in [3.05, 3.63) is 23.4 Å². The molecule has 82 valence electrons. The minimum absolute atomic E-state index is 0.558. The van der Waals surface area contributed by atoms with Crippen LogP contribution in [0.4, 0.5) is 5.82 Å². The van der Waals surface area contributed by atoms with Crippen LogP contribution in [0.15, 0.2) is 18.3 Å². The summed E-state index contributed by atoms with van der Waals surface area (Å²) in [7, 11) is 0. The Hall–Kier alpha value is -0.870. The van der Waals surface area contributed by atoms with Crippen LogP contribution in [-0.2, 0) is 0 Å². The Bertz CT molecular complexity index is 324. The van der Waals surface area contributed by atoms with Gasteiger partial charge in [-0.15, -0.1) is 0 Å². The fraction of sp³-hybridized carbons (Fsp3) is 0.400. The average molecular weight is 244 g/mol. The number of nitrogens with zero attached hydrogens (tertiary/aromatic N) is 1. The third-order valence-electron chi connectivity index (χ3n) is 1.64. The van der Waals surface area contributed by atoms with E-state index < -0.39 is 0 Å². The molecular weight excluding hydrogens is 230 g/mol. The molecule has 0 unspecified atom stereocenters. The summed E-state index contributed by atoms with van der Waals surface area (Å²) >= 11 is 10.8. The molecule has 0 fully saturated rings. The molecule has 1 heterocycles. The molecule has 0 bridgehead atoms. The second kappa shape index (κ2) is 5.88. The molecule has 15 heavy (non-hydrogen) atoms. The highest BCUT2D eigenvalue weighted by molar-refractivity contribution is 7.80. The number of hydrogen-bond acceptors (Lipinski definition) is 2. The van der Waals surface area contributed by atoms with Gasteiger partial charge in [0.05, 0.1) is 5.02 Å². The molecule has 0 aromatic carbocycles. The van der Waals surface area contributed by atoms with Crippen molar-refractivity contribution in [1.82, 2.24) is 10.3 Å². The Morgan fingerprint density at radius 3 is 2.80 bits per heavy atom. The van der Waals surface area contributed by atoms with E-state index in [4.69, 9.17) is 23.8 Å². The minimum atomic E-state index is 0.558. The summed E-state index contributed by atoms with van der Waals surface area (Å²) in [6, 6.07) is 3.55. The van der Waals surface area contributed by atoms with Crippen molar-refractivity contribution in [3.8, 4) is 0 Å². The fourth-order valence-electron chi connectivity index (χ4n) is 0.907. The maximum Gasteiger partial charge on any atom is 0.171 e. The molecule has 5 heteroatoms. The molecule has 0 saturated carbocycles. The van der Waals surface area contributed by atoms with Crippen LogP contribution in [0.1, 0.15) is 13.8 Å². The highest BCUT2D eigenvalue weighted by atomic mass is 35.5. The number of aromatic nitrogens is 1. The van der Waals surface area contributed by atoms with Crippen LogP contribution >= 0.6 is 23.8 Å². The summed E-state index contributed by atoms with van der Waals surface area (Å²) < 4.78 is 0. The Labute approximate surface area is 100 Å². The van der Waals surface area contributed by atoms with Gasteiger partial charge in [-0.2, -0.15) is 0 Å². The van der Waals surface area contributed by atoms with E-state index in [9.17, 15) is 0 Å². The normalized spacial score (nSPS) is 10.1. The molecule has 0 atom stereocenters. The van der Waals surface area contributed by atoms with Gasteiger partial charge in [-0.25, -0.2) is 4.98 Å². The first-order valence-electron chi connectivity index (χ1n) is 4.74. The Morgan fingerprint density at radius 2 is 2.27 bits per heavy atom. The monoisotopic (exact) mass is 243 g/mol. The van der Waals surface area contributed by atoms with Crippen molar-refractivity contribution < 1.29 is 0 Å². The lowest BCUT2D eigenvalue weighted by Crippen LogP contribution is -2.31. The highest BCUT2D eigenvalue weighted by Gasteiger charge is 1.99. The van der Waals surface area contributed by atoms with E-state index in [-0.39, 0.29) is 0 Å². The minimum Gasteiger partial charge on any atom is -0.362 e. The lowest BCUT2D eigenvalue weighted by atomic mass is 10.2. The van der Waals surface area contributed by atoms with Gasteiger partial charge in [0, 0.05) is 12.7 Å². The lowest BCUT2D eigenvalue weighted by molar-refractivity contribution is 0.627. The molecule has 2 N–H and O–H groups in total. The molecule has 1 aromatic heterocycles. The van der Waals surface area contributed by atoms with Gasteiger partial charge in [0.15, 0.2) is 5.11 Å². The van der Waals surface area contributed by atoms with E-state index in [1.165, 1.54) is 0 Å². The number of anilines is 1. The highest BCUT2D eigenvalue weighted by Crippen LogP contribution is 2.09. The first-order valence-corrected chi connectivity index (χ1v) is 5.53. The molecule has 1 aromatic rings. The maximum absolute atomic E-state index is 5.71. The second-order valence-corrected chi connectivity index (χ2v) is 4.44. The molecule has 3 nitrogen and oxygen atoms in total. The molecule has 0 saturated heterocycles. The summed E-state index contributed by atoms with van der Waals surface area (Å²) in [5.41, 5.74) is 0. The van der Waals surface area contributed by atoms with Gasteiger partial charge < -0.3 is 10.6 Å². The van der Waals surface area contributed by atoms with Gasteiger partial charge in [0.2, 0.25) is 0 Å². The van der Waals surface area contributed by atoms with Crippen molar-refractivity contribution in [2.45, 2.75) is 13.8 Å². The van der Waals surface area contributed by atoms with Crippen molar-refractivity contribution in [2.24, 2.45) is 5.92 Å². The van der Waals surface area contributed by atoms with E-state index in [1.54, 1.807) is 18.3 Å². The third-order valence-corrected chi connectivity index (χ3v) is 2.11. The average Bonchev–Trinajstić information content (AvgIpc) is 2.19. The van der Waals surface area contributed by atoms with E-state index in [0.29, 0.717) is 21.9 Å². The Balaban J connectivity index is 2.41. The smallest absolute Gasteiger partial charge is 0.171 e. The van der Waals surface area contributed by atoms with Crippen LogP contribution in [0.25, 0.3) is 0 Å². The standard InChI is InChI=1S/C10H14ClN3S/c1-7(2)5-13-10(15)14-9-4-3-8(11)6-12-9/h3-4,6-7H,5H2,1-2H3,(H2,12,13,14,15). The topological polar surface area (TPSA) is 37.0 Å². The zero-order valence-electron chi connectivity index (χ0n) is 8.75. The molecule has 0 aliphatic rings. The first kappa shape index (κ1) is 12.2. The van der Waals surface area contributed by atoms with Gasteiger partial charge in [-0.3, -0.25) is 0 Å². The van der Waals surface area contributed by atoms with Crippen LogP contribution in [0, 0.1) is 5.92 Å². The fourth-order valence-corrected chi connectivity index (χ4v) is 1.21. The number of thiocarbonyl (C=S) groups is 1. The van der Waals surface area contributed by atoms with Crippen molar-refractivity contribution in [1.29, 1.82) is 0 Å². The van der Waals surface area contributed by atoms with Crippen LogP contribution in [0.5, 0.6) is 0 Å². The van der Waals surface area contributed by atoms with Gasteiger partial charge in [-0.05, 0) is 30.3 Å². The number of halogens is 1. The van der Waals surface area contributed by atoms with Gasteiger partial charge in [0.25, 0.3) is 0 Å². The quantitative estimate of drug-likeness (QED) is 0.801. The summed E-state index contributed by atoms with van der Waals surface area (Å²) in [6.45, 7) is 5.09. The summed E-state index contributed by atoms with van der Waals surface area (Å²) in [5, 5.41) is 7.26. The molecule has 1 rings (SSSR count). The third kappa shape index (κ3) is 4.95. The number of rotatable bonds is 3. The molecule has 0 amide bonds. The van der Waals surface area contributed by atoms with Crippen LogP contribution < -0.4 is 10.6 Å². The number of nitrogens with one attached hydrogen (secondary N) is 2. The zero-order valence-corrected chi connectivity index (χ0v) is 10.3. The molecule has 0 aliphatic heterocycles. The second-order valence-electron chi connectivity index (χ2n) is 3.59. The summed E-state index contributed by atoms with van der Waals surface area (Å²) in [5.74, 6) is 1.25. The van der Waals surface area contributed by atoms with E-state index in [2.05, 4.69) is 29.5 Å².